The Balaban J connectivity index is 0.00000702. The molecule has 1 aliphatic carbocycles. The van der Waals surface area contributed by atoms with Gasteiger partial charge in [-0.15, -0.1) is 0 Å². The van der Waals surface area contributed by atoms with Crippen LogP contribution in [0, 0.1) is 31.6 Å². The van der Waals surface area contributed by atoms with Crippen LogP contribution in [0.1, 0.15) is 97.8 Å². The quantitative estimate of drug-likeness (QED) is 0.223. The average Bonchev–Trinajstić information content (AvgIpc) is 3.47. The first-order valence-electron chi connectivity index (χ1n) is 16.7. The molecule has 1 aromatic carbocycles. The molecule has 0 spiro atoms. The van der Waals surface area contributed by atoms with Gasteiger partial charge >= 0.3 is 11.9 Å². The first-order chi connectivity index (χ1) is 23.5. The van der Waals surface area contributed by atoms with Crippen LogP contribution >= 0.6 is 0 Å². The number of benzene rings is 1. The topological polar surface area (TPSA) is 192 Å². The number of aromatic nitrogens is 1. The Hall–Kier alpha value is -4.58. The van der Waals surface area contributed by atoms with Crippen molar-refractivity contribution in [2.45, 2.75) is 80.3 Å². The van der Waals surface area contributed by atoms with Crippen molar-refractivity contribution < 1.29 is 58.4 Å². The van der Waals surface area contributed by atoms with E-state index in [0.29, 0.717) is 40.8 Å². The molecular weight excluding hydrogens is 708 g/mol. The van der Waals surface area contributed by atoms with Crippen molar-refractivity contribution in [2.24, 2.45) is 22.7 Å². The number of aliphatic imine (C=N–C) groups is 1. The van der Waals surface area contributed by atoms with E-state index in [9.17, 15) is 34.2 Å². The molecule has 2 unspecified atom stereocenters. The Bertz CT molecular complexity index is 1760. The third kappa shape index (κ3) is 9.81. The molecule has 2 atom stereocenters. The molecule has 2 amide bonds. The fraction of sp³-hybridized carbons (Fsp3) is 0.459. The number of amidine groups is 1. The second kappa shape index (κ2) is 17.1. The van der Waals surface area contributed by atoms with Gasteiger partial charge in [-0.05, 0) is 111 Å². The number of carbonyl (C=O) groups is 5. The van der Waals surface area contributed by atoms with Crippen LogP contribution in [0.4, 0.5) is 11.5 Å². The van der Waals surface area contributed by atoms with E-state index in [1.807, 2.05) is 13.8 Å². The minimum atomic E-state index is -1.50. The number of anilines is 2. The van der Waals surface area contributed by atoms with E-state index in [4.69, 9.17) is 4.74 Å². The number of nitrogens with one attached hydrogen (secondary N) is 2. The van der Waals surface area contributed by atoms with Gasteiger partial charge in [-0.1, -0.05) is 26.6 Å². The maximum atomic E-state index is 13.8. The number of amides is 2. The summed E-state index contributed by atoms with van der Waals surface area (Å²) in [5.41, 5.74) is 3.15. The Kier molecular flexibility index (Phi) is 13.7. The number of carboxylic acids is 2. The zero-order valence-electron chi connectivity index (χ0n) is 30.5. The number of rotatable bonds is 11. The molecule has 1 fully saturated rings. The van der Waals surface area contributed by atoms with E-state index < -0.39 is 23.8 Å². The number of aromatic carboxylic acids is 2. The van der Waals surface area contributed by atoms with E-state index in [1.165, 1.54) is 19.1 Å². The van der Waals surface area contributed by atoms with E-state index in [-0.39, 0.29) is 78.8 Å². The maximum absolute atomic E-state index is 13.8. The average molecular weight is 753 g/mol. The minimum absolute atomic E-state index is 0. The third-order valence-electron chi connectivity index (χ3n) is 9.44. The van der Waals surface area contributed by atoms with Crippen LogP contribution in [0.25, 0.3) is 6.08 Å². The van der Waals surface area contributed by atoms with E-state index >= 15 is 0 Å². The molecule has 2 aliphatic rings. The molecule has 4 rings (SSSR count). The SMILES string of the molecule is CC(=O)Nc1[n-]c(/C=C2\N=C(NC(=O)CCCN(C)c3cc(C(=O)[O-])cc(C(=O)O)c3)C(C(=O)OC3C(C)CC(C)CC3C)=C2C)c(C)c1C.[Zn]. The van der Waals surface area contributed by atoms with Crippen molar-refractivity contribution in [1.82, 2.24) is 10.3 Å². The van der Waals surface area contributed by atoms with Gasteiger partial charge in [0.05, 0.1) is 17.2 Å². The van der Waals surface area contributed by atoms with Crippen LogP contribution in [0.15, 0.2) is 40.0 Å². The van der Waals surface area contributed by atoms with Gasteiger partial charge in [-0.2, -0.15) is 0 Å². The van der Waals surface area contributed by atoms with Crippen molar-refractivity contribution in [3.05, 3.63) is 63.0 Å². The Labute approximate surface area is 310 Å². The Morgan fingerprint density at radius 3 is 2.24 bits per heavy atom. The molecule has 1 aliphatic heterocycles. The zero-order valence-corrected chi connectivity index (χ0v) is 33.5. The largest absolute Gasteiger partial charge is 0.545 e. The number of hydrogen-bond donors (Lipinski definition) is 3. The number of nitrogens with zero attached hydrogens (tertiary/aromatic N) is 3. The number of allylic oxidation sites excluding steroid dienone is 1. The fourth-order valence-corrected chi connectivity index (χ4v) is 6.75. The molecule has 51 heavy (non-hydrogen) atoms. The number of carboxylic acid groups (broad SMARTS) is 2. The minimum Gasteiger partial charge on any atom is -0.545 e. The summed E-state index contributed by atoms with van der Waals surface area (Å²) in [6, 6.07) is 3.69. The molecule has 270 valence electrons. The summed E-state index contributed by atoms with van der Waals surface area (Å²) in [6.45, 7) is 13.5. The summed E-state index contributed by atoms with van der Waals surface area (Å²) in [5.74, 6) is -2.67. The third-order valence-corrected chi connectivity index (χ3v) is 9.44. The van der Waals surface area contributed by atoms with Crippen molar-refractivity contribution in [3.8, 4) is 0 Å². The number of carbonyl (C=O) groups excluding carboxylic acids is 4. The van der Waals surface area contributed by atoms with Crippen LogP contribution < -0.4 is 25.6 Å². The molecule has 13 nitrogen and oxygen atoms in total. The molecule has 0 bridgehead atoms. The standard InChI is InChI=1S/C37H47N5O8.Zn/c1-18-12-19(2)32(20(3)13-18)50-37(49)31-23(6)29(17-28-21(4)22(5)33(39-28)38-24(7)43)40-34(31)41-30(44)10-9-11-42(8)27-15-25(35(45)46)14-26(16-27)36(47)48;/h14-20,32H,9-13H2,1-8H3,(H5,38,39,40,41,43,44,45,46,47,48,49);/p-2. The van der Waals surface area contributed by atoms with E-state index in [2.05, 4.69) is 41.4 Å². The van der Waals surface area contributed by atoms with E-state index in [0.717, 1.165) is 30.0 Å². The van der Waals surface area contributed by atoms with Crippen LogP contribution in [0.3, 0.4) is 0 Å². The summed E-state index contributed by atoms with van der Waals surface area (Å²) in [6.07, 6.45) is 3.63. The van der Waals surface area contributed by atoms with E-state index in [1.54, 1.807) is 24.9 Å². The number of ether oxygens (including phenoxy) is 1. The summed E-state index contributed by atoms with van der Waals surface area (Å²) in [7, 11) is 1.66. The van der Waals surface area contributed by atoms with Gasteiger partial charge in [0.2, 0.25) is 5.91 Å². The first kappa shape index (κ1) is 40.8. The van der Waals surface area contributed by atoms with Crippen molar-refractivity contribution >= 4 is 53.1 Å². The van der Waals surface area contributed by atoms with Gasteiger partial charge < -0.3 is 40.3 Å². The van der Waals surface area contributed by atoms with Crippen LogP contribution in [0.5, 0.6) is 0 Å². The summed E-state index contributed by atoms with van der Waals surface area (Å²) < 4.78 is 6.12. The van der Waals surface area contributed by atoms with Crippen LogP contribution in [-0.4, -0.2) is 60.4 Å². The molecule has 1 aromatic heterocycles. The summed E-state index contributed by atoms with van der Waals surface area (Å²) in [4.78, 5) is 72.6. The number of esters is 1. The molecule has 0 radical (unpaired) electrons. The normalized spacial score (nSPS) is 20.7. The van der Waals surface area contributed by atoms with Gasteiger partial charge in [0.15, 0.2) is 0 Å². The molecule has 2 aromatic rings. The van der Waals surface area contributed by atoms with Gasteiger partial charge in [0.25, 0.3) is 0 Å². The molecule has 3 N–H and O–H groups in total. The van der Waals surface area contributed by atoms with Gasteiger partial charge in [-0.3, -0.25) is 9.59 Å². The molecule has 1 saturated carbocycles. The molecule has 2 heterocycles. The summed E-state index contributed by atoms with van der Waals surface area (Å²) in [5, 5.41) is 26.3. The Morgan fingerprint density at radius 2 is 1.65 bits per heavy atom. The molecular formula is C37H45N5O8Zn-2. The van der Waals surface area contributed by atoms with Gasteiger partial charge in [-0.25, -0.2) is 14.6 Å². The second-order valence-electron chi connectivity index (χ2n) is 13.6. The Morgan fingerprint density at radius 1 is 1.02 bits per heavy atom. The predicted molar refractivity (Wildman–Crippen MR) is 187 cm³/mol. The summed E-state index contributed by atoms with van der Waals surface area (Å²) >= 11 is 0. The first-order valence-corrected chi connectivity index (χ1v) is 16.7. The van der Waals surface area contributed by atoms with Gasteiger partial charge in [0.1, 0.15) is 23.4 Å². The second-order valence-corrected chi connectivity index (χ2v) is 13.6. The van der Waals surface area contributed by atoms with Gasteiger partial charge in [0, 0.05) is 50.7 Å². The van der Waals surface area contributed by atoms with Crippen LogP contribution in [0.2, 0.25) is 0 Å². The monoisotopic (exact) mass is 751 g/mol. The predicted octanol–water partition coefficient (Wildman–Crippen LogP) is 3.99. The van der Waals surface area contributed by atoms with Crippen molar-refractivity contribution in [1.29, 1.82) is 0 Å². The van der Waals surface area contributed by atoms with Crippen molar-refractivity contribution in [3.63, 3.8) is 0 Å². The van der Waals surface area contributed by atoms with Crippen LogP contribution in [-0.2, 0) is 38.6 Å². The fourth-order valence-electron chi connectivity index (χ4n) is 6.75. The molecule has 0 saturated heterocycles. The number of hydrogen-bond acceptors (Lipinski definition) is 9. The zero-order chi connectivity index (χ0) is 37.0. The maximum Gasteiger partial charge on any atom is 0.342 e. The van der Waals surface area contributed by atoms with Crippen molar-refractivity contribution in [2.75, 3.05) is 23.8 Å². The smallest absolute Gasteiger partial charge is 0.342 e. The molecule has 14 heteroatoms.